The summed E-state index contributed by atoms with van der Waals surface area (Å²) in [5.74, 6) is -1.67. The number of carbonyl (C=O) groups excluding carboxylic acids is 1. The number of fused-ring (bicyclic) bond motifs is 1. The van der Waals surface area contributed by atoms with Crippen LogP contribution in [-0.4, -0.2) is 38.6 Å². The Morgan fingerprint density at radius 1 is 1.45 bits per heavy atom. The summed E-state index contributed by atoms with van der Waals surface area (Å²) in [5, 5.41) is 0. The van der Waals surface area contributed by atoms with Crippen LogP contribution in [0.1, 0.15) is 18.7 Å². The van der Waals surface area contributed by atoms with Gasteiger partial charge in [-0.2, -0.15) is 0 Å². The Kier molecular flexibility index (Phi) is 2.56. The van der Waals surface area contributed by atoms with E-state index in [4.69, 9.17) is 9.47 Å². The highest BCUT2D eigenvalue weighted by molar-refractivity contribution is 5.87. The third kappa shape index (κ3) is 1.67. The molecule has 2 aromatic heterocycles. The van der Waals surface area contributed by atoms with Gasteiger partial charge in [-0.1, -0.05) is 0 Å². The number of nitrogens with zero attached hydrogens (tertiary/aromatic N) is 2. The first-order chi connectivity index (χ1) is 9.48. The third-order valence-electron chi connectivity index (χ3n) is 3.11. The van der Waals surface area contributed by atoms with E-state index in [1.807, 2.05) is 4.98 Å². The van der Waals surface area contributed by atoms with Crippen molar-refractivity contribution >= 4 is 16.9 Å². The second-order valence-corrected chi connectivity index (χ2v) is 4.33. The van der Waals surface area contributed by atoms with E-state index in [0.717, 1.165) is 0 Å². The summed E-state index contributed by atoms with van der Waals surface area (Å²) in [7, 11) is 1.35. The molecule has 3 heterocycles. The Labute approximate surface area is 111 Å². The average Bonchev–Trinajstić information content (AvgIpc) is 3.14. The van der Waals surface area contributed by atoms with Crippen LogP contribution in [0.4, 0.5) is 0 Å². The zero-order valence-corrected chi connectivity index (χ0v) is 10.6. The molecule has 0 spiro atoms. The van der Waals surface area contributed by atoms with Crippen LogP contribution in [0.2, 0.25) is 0 Å². The van der Waals surface area contributed by atoms with Crippen LogP contribution in [0.3, 0.4) is 0 Å². The summed E-state index contributed by atoms with van der Waals surface area (Å²) in [4.78, 5) is 46.7. The minimum Gasteiger partial charge on any atom is -0.345 e. The summed E-state index contributed by atoms with van der Waals surface area (Å²) < 4.78 is 10.3. The van der Waals surface area contributed by atoms with Crippen molar-refractivity contribution in [1.29, 1.82) is 0 Å². The van der Waals surface area contributed by atoms with Crippen LogP contribution >= 0.6 is 0 Å². The van der Waals surface area contributed by atoms with Crippen molar-refractivity contribution in [3.05, 3.63) is 32.7 Å². The quantitative estimate of drug-likeness (QED) is 0.689. The second-order valence-electron chi connectivity index (χ2n) is 4.33. The molecule has 3 rings (SSSR count). The minimum atomic E-state index is -1.36. The van der Waals surface area contributed by atoms with Crippen LogP contribution in [0.5, 0.6) is 0 Å². The summed E-state index contributed by atoms with van der Waals surface area (Å²) in [6.07, 6.45) is 0.611. The van der Waals surface area contributed by atoms with Crippen molar-refractivity contribution in [3.63, 3.8) is 0 Å². The van der Waals surface area contributed by atoms with Crippen LogP contribution < -0.4 is 11.2 Å². The Morgan fingerprint density at radius 2 is 2.20 bits per heavy atom. The molecule has 1 aliphatic rings. The SMILES string of the molecule is COC1(C(C)=O)OC1c1cnc2[nH]c(=O)[nH]c(=O)c2n1. The van der Waals surface area contributed by atoms with E-state index < -0.39 is 23.1 Å². The fourth-order valence-corrected chi connectivity index (χ4v) is 2.04. The Hall–Kier alpha value is -2.39. The first-order valence-electron chi connectivity index (χ1n) is 5.71. The fourth-order valence-electron chi connectivity index (χ4n) is 2.04. The van der Waals surface area contributed by atoms with E-state index in [-0.39, 0.29) is 22.6 Å². The zero-order valence-electron chi connectivity index (χ0n) is 10.6. The maximum absolute atomic E-state index is 11.6. The number of aromatic nitrogens is 4. The molecule has 2 aromatic rings. The average molecular weight is 278 g/mol. The highest BCUT2D eigenvalue weighted by atomic mass is 16.8. The molecule has 104 valence electrons. The number of methoxy groups -OCH3 is 1. The number of hydrogen-bond acceptors (Lipinski definition) is 7. The lowest BCUT2D eigenvalue weighted by molar-refractivity contribution is -0.137. The van der Waals surface area contributed by atoms with Gasteiger partial charge < -0.3 is 9.47 Å². The number of hydrogen-bond donors (Lipinski definition) is 2. The van der Waals surface area contributed by atoms with Crippen molar-refractivity contribution in [1.82, 2.24) is 19.9 Å². The fraction of sp³-hybridized carbons (Fsp3) is 0.364. The van der Waals surface area contributed by atoms with E-state index in [1.165, 1.54) is 20.2 Å². The van der Waals surface area contributed by atoms with Crippen LogP contribution in [-0.2, 0) is 14.3 Å². The standard InChI is InChI=1S/C11H10N4O5/c1-4(16)11(19-2)7(20-11)5-3-12-8-6(13-5)9(17)15-10(18)14-8/h3,7H,1-2H3,(H2,12,14,15,17,18). The molecule has 0 aliphatic carbocycles. The Bertz CT molecular complexity index is 825. The Balaban J connectivity index is 2.10. The molecular formula is C11H10N4O5. The Morgan fingerprint density at radius 3 is 2.80 bits per heavy atom. The first-order valence-corrected chi connectivity index (χ1v) is 5.71. The highest BCUT2D eigenvalue weighted by Gasteiger charge is 2.63. The number of rotatable bonds is 3. The van der Waals surface area contributed by atoms with Crippen molar-refractivity contribution in [2.24, 2.45) is 0 Å². The molecule has 2 N–H and O–H groups in total. The number of ketones is 1. The van der Waals surface area contributed by atoms with E-state index in [2.05, 4.69) is 15.0 Å². The largest absolute Gasteiger partial charge is 0.345 e. The van der Waals surface area contributed by atoms with Crippen LogP contribution in [0, 0.1) is 0 Å². The lowest BCUT2D eigenvalue weighted by atomic mass is 10.1. The van der Waals surface area contributed by atoms with Gasteiger partial charge in [0.2, 0.25) is 0 Å². The van der Waals surface area contributed by atoms with Gasteiger partial charge in [-0.25, -0.2) is 14.8 Å². The van der Waals surface area contributed by atoms with Gasteiger partial charge in [0.05, 0.1) is 11.9 Å². The van der Waals surface area contributed by atoms with Gasteiger partial charge in [0.1, 0.15) is 0 Å². The number of H-pyrrole nitrogens is 2. The number of aromatic amines is 2. The van der Waals surface area contributed by atoms with E-state index in [0.29, 0.717) is 0 Å². The molecule has 20 heavy (non-hydrogen) atoms. The molecule has 1 saturated heterocycles. The molecule has 2 atom stereocenters. The molecule has 0 aromatic carbocycles. The summed E-state index contributed by atoms with van der Waals surface area (Å²) in [6.45, 7) is 1.34. The van der Waals surface area contributed by atoms with E-state index in [9.17, 15) is 14.4 Å². The van der Waals surface area contributed by atoms with Gasteiger partial charge in [0.15, 0.2) is 23.1 Å². The lowest BCUT2D eigenvalue weighted by Crippen LogP contribution is -2.26. The van der Waals surface area contributed by atoms with Crippen molar-refractivity contribution < 1.29 is 14.3 Å². The van der Waals surface area contributed by atoms with Gasteiger partial charge in [0, 0.05) is 14.0 Å². The molecule has 1 fully saturated rings. The van der Waals surface area contributed by atoms with Gasteiger partial charge in [-0.05, 0) is 0 Å². The van der Waals surface area contributed by atoms with Crippen LogP contribution in [0.25, 0.3) is 11.2 Å². The number of ether oxygens (including phenoxy) is 2. The van der Waals surface area contributed by atoms with Gasteiger partial charge in [-0.15, -0.1) is 0 Å². The summed E-state index contributed by atoms with van der Waals surface area (Å²) >= 11 is 0. The zero-order chi connectivity index (χ0) is 14.5. The number of epoxide rings is 1. The summed E-state index contributed by atoms with van der Waals surface area (Å²) in [6, 6.07) is 0. The molecule has 0 amide bonds. The normalized spacial score (nSPS) is 24.8. The minimum absolute atomic E-state index is 0.0360. The van der Waals surface area contributed by atoms with Gasteiger partial charge in [0.25, 0.3) is 11.3 Å². The maximum atomic E-state index is 11.6. The smallest absolute Gasteiger partial charge is 0.327 e. The second kappa shape index (κ2) is 4.05. The predicted octanol–water partition coefficient (Wildman–Crippen LogP) is -0.991. The highest BCUT2D eigenvalue weighted by Crippen LogP contribution is 2.49. The summed E-state index contributed by atoms with van der Waals surface area (Å²) in [5.41, 5.74) is -1.01. The van der Waals surface area contributed by atoms with Crippen molar-refractivity contribution in [3.8, 4) is 0 Å². The number of carbonyl (C=O) groups is 1. The van der Waals surface area contributed by atoms with E-state index >= 15 is 0 Å². The molecular weight excluding hydrogens is 268 g/mol. The van der Waals surface area contributed by atoms with Gasteiger partial charge in [-0.3, -0.25) is 19.6 Å². The molecule has 1 aliphatic heterocycles. The topological polar surface area (TPSA) is 130 Å². The van der Waals surface area contributed by atoms with Crippen molar-refractivity contribution in [2.45, 2.75) is 18.8 Å². The van der Waals surface area contributed by atoms with E-state index in [1.54, 1.807) is 0 Å². The number of nitrogens with one attached hydrogen (secondary N) is 2. The van der Waals surface area contributed by atoms with Crippen molar-refractivity contribution in [2.75, 3.05) is 7.11 Å². The predicted molar refractivity (Wildman–Crippen MR) is 65.0 cm³/mol. The van der Waals surface area contributed by atoms with Gasteiger partial charge >= 0.3 is 5.69 Å². The maximum Gasteiger partial charge on any atom is 0.327 e. The molecule has 9 heteroatoms. The molecule has 2 unspecified atom stereocenters. The molecule has 9 nitrogen and oxygen atoms in total. The molecule has 0 saturated carbocycles. The number of Topliss-reactive ketones (excluding diaryl/α,β-unsaturated/α-hetero) is 1. The van der Waals surface area contributed by atoms with Crippen LogP contribution in [0.15, 0.2) is 15.8 Å². The molecule has 0 bridgehead atoms. The molecule has 0 radical (unpaired) electrons. The lowest BCUT2D eigenvalue weighted by Gasteiger charge is -2.05. The first kappa shape index (κ1) is 12.6. The monoisotopic (exact) mass is 278 g/mol. The third-order valence-corrected chi connectivity index (χ3v) is 3.11.